The normalized spacial score (nSPS) is 10.5. The van der Waals surface area contributed by atoms with Crippen molar-refractivity contribution in [2.24, 2.45) is 5.73 Å². The number of anilines is 1. The van der Waals surface area contributed by atoms with Crippen molar-refractivity contribution in [3.05, 3.63) is 22.8 Å². The molecule has 0 aliphatic carbocycles. The highest BCUT2D eigenvalue weighted by molar-refractivity contribution is 6.33. The summed E-state index contributed by atoms with van der Waals surface area (Å²) in [4.78, 5) is 6.55. The third-order valence-electron chi connectivity index (χ3n) is 2.63. The Labute approximate surface area is 103 Å². The molecule has 0 unspecified atom stereocenters. The lowest BCUT2D eigenvalue weighted by molar-refractivity contribution is 0.723. The fourth-order valence-electron chi connectivity index (χ4n) is 1.61. The summed E-state index contributed by atoms with van der Waals surface area (Å²) in [6.07, 6.45) is 4.10. The molecule has 1 aromatic heterocycles. The molecule has 0 fully saturated rings. The molecule has 0 saturated carbocycles. The van der Waals surface area contributed by atoms with Gasteiger partial charge in [0.1, 0.15) is 5.82 Å². The van der Waals surface area contributed by atoms with E-state index in [4.69, 9.17) is 17.3 Å². The molecule has 0 amide bonds. The Hall–Kier alpha value is -0.800. The SMILES string of the molecule is CCCCN(CC)c1nccc(CN)c1Cl. The molecule has 0 radical (unpaired) electrons. The molecule has 1 heterocycles. The fourth-order valence-corrected chi connectivity index (χ4v) is 1.92. The number of halogens is 1. The van der Waals surface area contributed by atoms with Gasteiger partial charge in [-0.25, -0.2) is 4.98 Å². The first-order chi connectivity index (χ1) is 7.74. The smallest absolute Gasteiger partial charge is 0.147 e. The zero-order valence-corrected chi connectivity index (χ0v) is 10.8. The van der Waals surface area contributed by atoms with Crippen LogP contribution in [0.2, 0.25) is 5.02 Å². The van der Waals surface area contributed by atoms with Crippen LogP contribution in [0.1, 0.15) is 32.3 Å². The summed E-state index contributed by atoms with van der Waals surface area (Å²) in [5.74, 6) is 0.862. The van der Waals surface area contributed by atoms with E-state index < -0.39 is 0 Å². The monoisotopic (exact) mass is 241 g/mol. The molecule has 3 nitrogen and oxygen atoms in total. The number of hydrogen-bond donors (Lipinski definition) is 1. The molecule has 16 heavy (non-hydrogen) atoms. The van der Waals surface area contributed by atoms with E-state index in [1.54, 1.807) is 6.20 Å². The second-order valence-corrected chi connectivity index (χ2v) is 4.12. The molecule has 0 aliphatic heterocycles. The standard InChI is InChI=1S/C12H20ClN3/c1-3-5-8-16(4-2)12-11(13)10(9-14)6-7-15-12/h6-7H,3-5,8-9,14H2,1-2H3. The minimum Gasteiger partial charge on any atom is -0.356 e. The Kier molecular flexibility index (Phi) is 5.56. The zero-order valence-electron chi connectivity index (χ0n) is 10.0. The second kappa shape index (κ2) is 6.71. The lowest BCUT2D eigenvalue weighted by atomic mass is 10.2. The average molecular weight is 242 g/mol. The number of nitrogens with two attached hydrogens (primary N) is 1. The van der Waals surface area contributed by atoms with Crippen molar-refractivity contribution in [3.8, 4) is 0 Å². The highest BCUT2D eigenvalue weighted by Crippen LogP contribution is 2.26. The van der Waals surface area contributed by atoms with Crippen LogP contribution >= 0.6 is 11.6 Å². The number of aromatic nitrogens is 1. The quantitative estimate of drug-likeness (QED) is 0.833. The summed E-state index contributed by atoms with van der Waals surface area (Å²) in [6.45, 7) is 6.66. The van der Waals surface area contributed by atoms with E-state index >= 15 is 0 Å². The average Bonchev–Trinajstić information content (AvgIpc) is 2.32. The van der Waals surface area contributed by atoms with Gasteiger partial charge in [0.05, 0.1) is 5.02 Å². The molecule has 0 spiro atoms. The Morgan fingerprint density at radius 2 is 2.19 bits per heavy atom. The van der Waals surface area contributed by atoms with Crippen molar-refractivity contribution in [1.82, 2.24) is 4.98 Å². The van der Waals surface area contributed by atoms with Crippen molar-refractivity contribution < 1.29 is 0 Å². The maximum Gasteiger partial charge on any atom is 0.147 e. The van der Waals surface area contributed by atoms with Crippen molar-refractivity contribution >= 4 is 17.4 Å². The Bertz CT molecular complexity index is 328. The minimum atomic E-state index is 0.458. The lowest BCUT2D eigenvalue weighted by Gasteiger charge is -2.23. The van der Waals surface area contributed by atoms with Gasteiger partial charge in [-0.2, -0.15) is 0 Å². The van der Waals surface area contributed by atoms with Gasteiger partial charge >= 0.3 is 0 Å². The molecule has 0 saturated heterocycles. The van der Waals surface area contributed by atoms with Gasteiger partial charge < -0.3 is 10.6 Å². The van der Waals surface area contributed by atoms with Gasteiger partial charge in [0.25, 0.3) is 0 Å². The van der Waals surface area contributed by atoms with Crippen molar-refractivity contribution in [1.29, 1.82) is 0 Å². The van der Waals surface area contributed by atoms with Crippen LogP contribution in [0.25, 0.3) is 0 Å². The van der Waals surface area contributed by atoms with E-state index in [9.17, 15) is 0 Å². The van der Waals surface area contributed by atoms with Crippen LogP contribution in [0.4, 0.5) is 5.82 Å². The van der Waals surface area contributed by atoms with Gasteiger partial charge in [0, 0.05) is 25.8 Å². The zero-order chi connectivity index (χ0) is 12.0. The van der Waals surface area contributed by atoms with Crippen LogP contribution < -0.4 is 10.6 Å². The predicted octanol–water partition coefficient (Wildman–Crippen LogP) is 2.82. The van der Waals surface area contributed by atoms with Gasteiger partial charge in [0.2, 0.25) is 0 Å². The first-order valence-corrected chi connectivity index (χ1v) is 6.20. The van der Waals surface area contributed by atoms with Crippen LogP contribution in [0, 0.1) is 0 Å². The molecule has 0 bridgehead atoms. The fraction of sp³-hybridized carbons (Fsp3) is 0.583. The first-order valence-electron chi connectivity index (χ1n) is 5.82. The molecule has 0 atom stereocenters. The Balaban J connectivity index is 2.91. The number of pyridine rings is 1. The van der Waals surface area contributed by atoms with Crippen LogP contribution in [-0.2, 0) is 6.54 Å². The van der Waals surface area contributed by atoms with Crippen LogP contribution in [0.3, 0.4) is 0 Å². The maximum atomic E-state index is 6.28. The number of unbranched alkanes of at least 4 members (excludes halogenated alkanes) is 1. The van der Waals surface area contributed by atoms with Gasteiger partial charge in [-0.3, -0.25) is 0 Å². The van der Waals surface area contributed by atoms with E-state index in [0.717, 1.165) is 30.9 Å². The summed E-state index contributed by atoms with van der Waals surface area (Å²) < 4.78 is 0. The predicted molar refractivity (Wildman–Crippen MR) is 69.9 cm³/mol. The van der Waals surface area contributed by atoms with E-state index in [1.807, 2.05) is 6.07 Å². The maximum absolute atomic E-state index is 6.28. The first kappa shape index (κ1) is 13.3. The third-order valence-corrected chi connectivity index (χ3v) is 3.05. The highest BCUT2D eigenvalue weighted by Gasteiger charge is 2.12. The summed E-state index contributed by atoms with van der Waals surface area (Å²) in [5, 5.41) is 0.697. The summed E-state index contributed by atoms with van der Waals surface area (Å²) in [5.41, 5.74) is 6.59. The molecule has 4 heteroatoms. The highest BCUT2D eigenvalue weighted by atomic mass is 35.5. The van der Waals surface area contributed by atoms with E-state index in [0.29, 0.717) is 11.6 Å². The van der Waals surface area contributed by atoms with Crippen LogP contribution in [0.5, 0.6) is 0 Å². The van der Waals surface area contributed by atoms with E-state index in [-0.39, 0.29) is 0 Å². The summed E-state index contributed by atoms with van der Waals surface area (Å²) in [6, 6.07) is 1.87. The van der Waals surface area contributed by atoms with Crippen molar-refractivity contribution in [2.75, 3.05) is 18.0 Å². The lowest BCUT2D eigenvalue weighted by Crippen LogP contribution is -2.25. The van der Waals surface area contributed by atoms with Crippen LogP contribution in [-0.4, -0.2) is 18.1 Å². The van der Waals surface area contributed by atoms with Gasteiger partial charge in [-0.05, 0) is 25.0 Å². The van der Waals surface area contributed by atoms with Crippen LogP contribution in [0.15, 0.2) is 12.3 Å². The molecule has 0 aliphatic rings. The Morgan fingerprint density at radius 3 is 2.75 bits per heavy atom. The molecular formula is C12H20ClN3. The van der Waals surface area contributed by atoms with Gasteiger partial charge in [-0.15, -0.1) is 0 Å². The summed E-state index contributed by atoms with van der Waals surface area (Å²) in [7, 11) is 0. The van der Waals surface area contributed by atoms with Crippen molar-refractivity contribution in [2.45, 2.75) is 33.2 Å². The molecular weight excluding hydrogens is 222 g/mol. The Morgan fingerprint density at radius 1 is 1.44 bits per heavy atom. The molecule has 1 rings (SSSR count). The van der Waals surface area contributed by atoms with E-state index in [1.165, 1.54) is 6.42 Å². The molecule has 2 N–H and O–H groups in total. The van der Waals surface area contributed by atoms with Crippen molar-refractivity contribution in [3.63, 3.8) is 0 Å². The molecule has 90 valence electrons. The molecule has 1 aromatic rings. The minimum absolute atomic E-state index is 0.458. The second-order valence-electron chi connectivity index (χ2n) is 3.75. The number of hydrogen-bond acceptors (Lipinski definition) is 3. The molecule has 0 aromatic carbocycles. The number of rotatable bonds is 6. The topological polar surface area (TPSA) is 42.2 Å². The van der Waals surface area contributed by atoms with Gasteiger partial charge in [0.15, 0.2) is 0 Å². The number of nitrogens with zero attached hydrogens (tertiary/aromatic N) is 2. The summed E-state index contributed by atoms with van der Waals surface area (Å²) >= 11 is 6.28. The largest absolute Gasteiger partial charge is 0.356 e. The third kappa shape index (κ3) is 3.09. The van der Waals surface area contributed by atoms with Gasteiger partial charge in [-0.1, -0.05) is 24.9 Å². The van der Waals surface area contributed by atoms with E-state index in [2.05, 4.69) is 23.7 Å².